The number of carbonyl (C=O) groups excluding carboxylic acids is 1. The monoisotopic (exact) mass is 514 g/mol. The molecule has 6 nitrogen and oxygen atoms in total. The number of ether oxygens (including phenoxy) is 1. The van der Waals surface area contributed by atoms with Gasteiger partial charge in [-0.2, -0.15) is 0 Å². The van der Waals surface area contributed by atoms with Crippen LogP contribution in [-0.2, 0) is 18.6 Å². The maximum absolute atomic E-state index is 11.2. The summed E-state index contributed by atoms with van der Waals surface area (Å²) in [6, 6.07) is 0. The average molecular weight is 515 g/mol. The van der Waals surface area contributed by atoms with Gasteiger partial charge in [0, 0.05) is 18.2 Å². The molecule has 0 aromatic carbocycles. The van der Waals surface area contributed by atoms with Gasteiger partial charge in [0.25, 0.3) is 0 Å². The van der Waals surface area contributed by atoms with E-state index in [2.05, 4.69) is 22.9 Å². The molecule has 2 unspecified atom stereocenters. The Morgan fingerprint density at radius 3 is 1.67 bits per heavy atom. The van der Waals surface area contributed by atoms with E-state index in [1.165, 1.54) is 77.6 Å². The van der Waals surface area contributed by atoms with Crippen LogP contribution in [0, 0.1) is 5.92 Å². The summed E-state index contributed by atoms with van der Waals surface area (Å²) in [5, 5.41) is 0.280. The van der Waals surface area contributed by atoms with E-state index in [0.29, 0.717) is 6.42 Å². The van der Waals surface area contributed by atoms with Crippen LogP contribution in [0.15, 0.2) is 0 Å². The maximum Gasteiger partial charge on any atom is 0.469 e. The molecular formula is C22H44BrO6P. The van der Waals surface area contributed by atoms with Crippen LogP contribution < -0.4 is 0 Å². The Morgan fingerprint density at radius 1 is 0.867 bits per heavy atom. The molecule has 0 aliphatic heterocycles. The van der Waals surface area contributed by atoms with E-state index in [1.807, 2.05) is 0 Å². The van der Waals surface area contributed by atoms with Gasteiger partial charge >= 0.3 is 13.8 Å². The number of hydrogen-bond donors (Lipinski definition) is 2. The van der Waals surface area contributed by atoms with Crippen molar-refractivity contribution in [3.63, 3.8) is 0 Å². The lowest BCUT2D eigenvalue weighted by molar-refractivity contribution is -0.143. The van der Waals surface area contributed by atoms with Gasteiger partial charge < -0.3 is 14.5 Å². The van der Waals surface area contributed by atoms with Crippen LogP contribution in [-0.4, -0.2) is 33.8 Å². The molecular weight excluding hydrogens is 471 g/mol. The molecule has 0 heterocycles. The summed E-state index contributed by atoms with van der Waals surface area (Å²) in [5.41, 5.74) is 0. The second-order valence-electron chi connectivity index (χ2n) is 8.24. The van der Waals surface area contributed by atoms with Crippen molar-refractivity contribution in [2.45, 2.75) is 116 Å². The molecule has 0 rings (SSSR count). The Kier molecular flexibility index (Phi) is 19.8. The van der Waals surface area contributed by atoms with Gasteiger partial charge in [-0.1, -0.05) is 113 Å². The lowest BCUT2D eigenvalue weighted by Crippen LogP contribution is -2.29. The first-order valence-corrected chi connectivity index (χ1v) is 14.4. The summed E-state index contributed by atoms with van der Waals surface area (Å²) >= 11 is 3.25. The number of rotatable bonds is 21. The summed E-state index contributed by atoms with van der Waals surface area (Å²) in [4.78, 5) is 29.3. The molecule has 0 saturated heterocycles. The number of halogens is 1. The Balaban J connectivity index is 3.87. The van der Waals surface area contributed by atoms with E-state index in [1.54, 1.807) is 0 Å². The minimum Gasteiger partial charge on any atom is -0.465 e. The highest BCUT2D eigenvalue weighted by Crippen LogP contribution is 2.40. The smallest absolute Gasteiger partial charge is 0.465 e. The van der Waals surface area contributed by atoms with E-state index in [0.717, 1.165) is 19.3 Å². The predicted molar refractivity (Wildman–Crippen MR) is 126 cm³/mol. The fraction of sp³-hybridized carbons (Fsp3) is 0.955. The SMILES string of the molecule is CCCCCCCCCCCCCCCCC(COC(C)=O)C(CBr)OP(=O)(O)O. The molecule has 0 fully saturated rings. The van der Waals surface area contributed by atoms with Crippen LogP contribution in [0.1, 0.15) is 110 Å². The Bertz CT molecular complexity index is 457. The minimum atomic E-state index is -4.58. The summed E-state index contributed by atoms with van der Waals surface area (Å²) in [7, 11) is -4.58. The molecule has 2 N–H and O–H groups in total. The van der Waals surface area contributed by atoms with E-state index in [4.69, 9.17) is 19.0 Å². The molecule has 0 saturated carbocycles. The lowest BCUT2D eigenvalue weighted by Gasteiger charge is -2.25. The lowest BCUT2D eigenvalue weighted by atomic mass is 9.96. The summed E-state index contributed by atoms with van der Waals surface area (Å²) in [5.74, 6) is -0.635. The molecule has 0 aliphatic carbocycles. The van der Waals surface area contributed by atoms with Gasteiger partial charge in [-0.3, -0.25) is 9.32 Å². The van der Waals surface area contributed by atoms with Crippen molar-refractivity contribution < 1.29 is 28.4 Å². The third-order valence-corrected chi connectivity index (χ3v) is 6.56. The predicted octanol–water partition coefficient (Wildman–Crippen LogP) is 6.91. The molecule has 180 valence electrons. The van der Waals surface area contributed by atoms with Gasteiger partial charge in [0.2, 0.25) is 0 Å². The molecule has 0 aromatic rings. The molecule has 2 atom stereocenters. The first-order valence-electron chi connectivity index (χ1n) is 11.7. The zero-order chi connectivity index (χ0) is 22.7. The van der Waals surface area contributed by atoms with Crippen LogP contribution in [0.5, 0.6) is 0 Å². The van der Waals surface area contributed by atoms with Crippen LogP contribution in [0.25, 0.3) is 0 Å². The van der Waals surface area contributed by atoms with Crippen LogP contribution >= 0.6 is 23.8 Å². The van der Waals surface area contributed by atoms with Gasteiger partial charge in [-0.25, -0.2) is 4.57 Å². The second-order valence-corrected chi connectivity index (χ2v) is 10.1. The Morgan fingerprint density at radius 2 is 1.30 bits per heavy atom. The van der Waals surface area contributed by atoms with Crippen molar-refractivity contribution in [3.8, 4) is 0 Å². The standard InChI is InChI=1S/C22H44BrO6P/c1-3-4-5-6-7-8-9-10-11-12-13-14-15-16-17-21(19-28-20(2)24)22(18-23)29-30(25,26)27/h21-22H,3-19H2,1-2H3,(H2,25,26,27). The molecule has 0 aromatic heterocycles. The molecule has 0 bridgehead atoms. The van der Waals surface area contributed by atoms with Crippen molar-refractivity contribution >= 4 is 29.7 Å². The number of alkyl halides is 1. The third kappa shape index (κ3) is 20.0. The van der Waals surface area contributed by atoms with E-state index in [-0.39, 0.29) is 17.9 Å². The van der Waals surface area contributed by atoms with Crippen molar-refractivity contribution in [2.75, 3.05) is 11.9 Å². The summed E-state index contributed by atoms with van der Waals surface area (Å²) in [6.07, 6.45) is 17.9. The van der Waals surface area contributed by atoms with E-state index in [9.17, 15) is 9.36 Å². The normalized spacial score (nSPS) is 13.9. The fourth-order valence-electron chi connectivity index (χ4n) is 3.62. The highest BCUT2D eigenvalue weighted by atomic mass is 79.9. The first-order chi connectivity index (χ1) is 14.3. The number of carbonyl (C=O) groups is 1. The molecule has 0 amide bonds. The molecule has 0 aliphatic rings. The molecule has 0 spiro atoms. The molecule has 0 radical (unpaired) electrons. The number of esters is 1. The largest absolute Gasteiger partial charge is 0.469 e. The number of phosphoric acid groups is 1. The summed E-state index contributed by atoms with van der Waals surface area (Å²) in [6.45, 7) is 3.70. The van der Waals surface area contributed by atoms with E-state index >= 15 is 0 Å². The highest BCUT2D eigenvalue weighted by Gasteiger charge is 2.29. The Labute approximate surface area is 192 Å². The zero-order valence-corrected chi connectivity index (χ0v) is 21.5. The molecule has 8 heteroatoms. The second kappa shape index (κ2) is 19.7. The van der Waals surface area contributed by atoms with E-state index < -0.39 is 19.9 Å². The Hall–Kier alpha value is 0.0600. The number of unbranched alkanes of at least 4 members (excludes halogenated alkanes) is 13. The van der Waals surface area contributed by atoms with Gasteiger partial charge in [0.05, 0.1) is 12.7 Å². The van der Waals surface area contributed by atoms with Crippen LogP contribution in [0.2, 0.25) is 0 Å². The van der Waals surface area contributed by atoms with Gasteiger partial charge in [0.1, 0.15) is 0 Å². The first kappa shape index (κ1) is 30.1. The van der Waals surface area contributed by atoms with Gasteiger partial charge in [-0.15, -0.1) is 0 Å². The zero-order valence-electron chi connectivity index (χ0n) is 19.0. The maximum atomic E-state index is 11.2. The van der Waals surface area contributed by atoms with Gasteiger partial charge in [-0.05, 0) is 6.42 Å². The van der Waals surface area contributed by atoms with Crippen molar-refractivity contribution in [2.24, 2.45) is 5.92 Å². The highest BCUT2D eigenvalue weighted by molar-refractivity contribution is 9.09. The molecule has 30 heavy (non-hydrogen) atoms. The minimum absolute atomic E-state index is 0.115. The van der Waals surface area contributed by atoms with Crippen LogP contribution in [0.4, 0.5) is 0 Å². The number of hydrogen-bond acceptors (Lipinski definition) is 4. The van der Waals surface area contributed by atoms with Crippen LogP contribution in [0.3, 0.4) is 0 Å². The quantitative estimate of drug-likeness (QED) is 0.0747. The average Bonchev–Trinajstić information content (AvgIpc) is 2.68. The summed E-state index contributed by atoms with van der Waals surface area (Å²) < 4.78 is 21.1. The number of phosphoric ester groups is 1. The van der Waals surface area contributed by atoms with Crippen molar-refractivity contribution in [1.29, 1.82) is 0 Å². The van der Waals surface area contributed by atoms with Crippen molar-refractivity contribution in [1.82, 2.24) is 0 Å². The third-order valence-electron chi connectivity index (χ3n) is 5.38. The van der Waals surface area contributed by atoms with Gasteiger partial charge in [0.15, 0.2) is 0 Å². The topological polar surface area (TPSA) is 93.1 Å². The van der Waals surface area contributed by atoms with Crippen molar-refractivity contribution in [3.05, 3.63) is 0 Å². The fourth-order valence-corrected chi connectivity index (χ4v) is 5.08.